The highest BCUT2D eigenvalue weighted by Gasteiger charge is 2.11. The molecule has 0 spiro atoms. The summed E-state index contributed by atoms with van der Waals surface area (Å²) in [7, 11) is 0. The van der Waals surface area contributed by atoms with Crippen LogP contribution in [0, 0.1) is 10.1 Å². The Bertz CT molecular complexity index is 1020. The van der Waals surface area contributed by atoms with Crippen molar-refractivity contribution in [1.29, 1.82) is 0 Å². The summed E-state index contributed by atoms with van der Waals surface area (Å²) in [6.07, 6.45) is 0. The lowest BCUT2D eigenvalue weighted by molar-refractivity contribution is -0.384. The molecule has 0 aliphatic heterocycles. The van der Waals surface area contributed by atoms with Gasteiger partial charge in [-0.3, -0.25) is 10.1 Å². The van der Waals surface area contributed by atoms with E-state index < -0.39 is 4.92 Å². The van der Waals surface area contributed by atoms with Gasteiger partial charge in [-0.25, -0.2) is 0 Å². The average Bonchev–Trinajstić information content (AvgIpc) is 2.68. The van der Waals surface area contributed by atoms with Crippen LogP contribution in [0.5, 0.6) is 5.75 Å². The zero-order chi connectivity index (χ0) is 21.0. The Hall–Kier alpha value is -2.18. The Morgan fingerprint density at radius 2 is 1.48 bits per heavy atom. The van der Waals surface area contributed by atoms with E-state index in [2.05, 4.69) is 5.32 Å². The molecule has 0 aliphatic carbocycles. The van der Waals surface area contributed by atoms with E-state index in [0.717, 1.165) is 16.8 Å². The predicted octanol–water partition coefficient (Wildman–Crippen LogP) is 7.40. The van der Waals surface area contributed by atoms with Gasteiger partial charge in [-0.15, -0.1) is 0 Å². The second kappa shape index (κ2) is 9.55. The molecule has 0 aliphatic rings. The monoisotopic (exact) mass is 470 g/mol. The third kappa shape index (κ3) is 5.67. The van der Waals surface area contributed by atoms with Crippen LogP contribution in [0.25, 0.3) is 0 Å². The van der Waals surface area contributed by atoms with Crippen molar-refractivity contribution in [2.75, 3.05) is 5.32 Å². The second-order valence-corrected chi connectivity index (χ2v) is 7.71. The molecule has 0 aromatic heterocycles. The highest BCUT2D eigenvalue weighted by atomic mass is 35.5. The fraction of sp³-hybridized carbons (Fsp3) is 0.100. The molecule has 1 N–H and O–H groups in total. The molecule has 3 aromatic carbocycles. The summed E-state index contributed by atoms with van der Waals surface area (Å²) in [4.78, 5) is 10.3. The van der Waals surface area contributed by atoms with Crippen molar-refractivity contribution in [3.05, 3.63) is 95.9 Å². The second-order valence-electron chi connectivity index (χ2n) is 6.08. The maximum atomic E-state index is 10.7. The first kappa shape index (κ1) is 21.5. The first-order chi connectivity index (χ1) is 13.8. The summed E-state index contributed by atoms with van der Waals surface area (Å²) in [6, 6.07) is 14.8. The molecule has 3 aromatic rings. The van der Waals surface area contributed by atoms with E-state index in [1.165, 1.54) is 12.1 Å². The molecule has 0 bridgehead atoms. The molecule has 3 rings (SSSR count). The van der Waals surface area contributed by atoms with Crippen molar-refractivity contribution in [2.24, 2.45) is 0 Å². The Labute approximate surface area is 187 Å². The lowest BCUT2D eigenvalue weighted by Gasteiger charge is -2.13. The smallest absolute Gasteiger partial charge is 0.269 e. The number of halogens is 4. The number of benzene rings is 3. The first-order valence-electron chi connectivity index (χ1n) is 8.36. The fourth-order valence-electron chi connectivity index (χ4n) is 2.53. The zero-order valence-corrected chi connectivity index (χ0v) is 17.8. The summed E-state index contributed by atoms with van der Waals surface area (Å²) in [6.45, 7) is 0.651. The minimum Gasteiger partial charge on any atom is -0.486 e. The number of nitrogens with zero attached hydrogens (tertiary/aromatic N) is 1. The van der Waals surface area contributed by atoms with Crippen LogP contribution in [0.15, 0.2) is 54.6 Å². The molecular weight excluding hydrogens is 458 g/mol. The third-order valence-electron chi connectivity index (χ3n) is 4.00. The summed E-state index contributed by atoms with van der Waals surface area (Å²) >= 11 is 24.6. The van der Waals surface area contributed by atoms with E-state index in [0.29, 0.717) is 32.4 Å². The predicted molar refractivity (Wildman–Crippen MR) is 118 cm³/mol. The lowest BCUT2D eigenvalue weighted by atomic mass is 10.2. The number of nitro benzene ring substituents is 1. The van der Waals surface area contributed by atoms with E-state index in [9.17, 15) is 10.1 Å². The number of anilines is 1. The van der Waals surface area contributed by atoms with E-state index in [4.69, 9.17) is 51.1 Å². The molecule has 0 saturated carbocycles. The Morgan fingerprint density at radius 3 is 2.07 bits per heavy atom. The van der Waals surface area contributed by atoms with Gasteiger partial charge in [0, 0.05) is 24.4 Å². The van der Waals surface area contributed by atoms with Crippen LogP contribution in [0.3, 0.4) is 0 Å². The number of non-ortho nitro benzene ring substituents is 1. The van der Waals surface area contributed by atoms with Crippen molar-refractivity contribution in [2.45, 2.75) is 13.2 Å². The number of hydrogen-bond acceptors (Lipinski definition) is 4. The summed E-state index contributed by atoms with van der Waals surface area (Å²) in [5.74, 6) is 0.352. The molecule has 0 amide bonds. The standard InChI is InChI=1S/C20H14Cl4N2O3/c21-16-6-3-14(9-17(16)22)25-10-13-7-18(23)20(19(24)8-13)29-11-12-1-4-15(5-2-12)26(27)28/h1-9,25H,10-11H2. The summed E-state index contributed by atoms with van der Waals surface area (Å²) in [5, 5.41) is 15.6. The van der Waals surface area contributed by atoms with Gasteiger partial charge in [0.05, 0.1) is 25.0 Å². The molecule has 5 nitrogen and oxygen atoms in total. The van der Waals surface area contributed by atoms with Crippen molar-refractivity contribution in [3.8, 4) is 5.75 Å². The molecule has 0 saturated heterocycles. The normalized spacial score (nSPS) is 10.6. The van der Waals surface area contributed by atoms with Gasteiger partial charge in [0.15, 0.2) is 5.75 Å². The topological polar surface area (TPSA) is 64.4 Å². The van der Waals surface area contributed by atoms with Crippen LogP contribution in [0.4, 0.5) is 11.4 Å². The third-order valence-corrected chi connectivity index (χ3v) is 5.31. The minimum absolute atomic E-state index is 0.0173. The highest BCUT2D eigenvalue weighted by Crippen LogP contribution is 2.35. The first-order valence-corrected chi connectivity index (χ1v) is 9.87. The maximum Gasteiger partial charge on any atom is 0.269 e. The zero-order valence-electron chi connectivity index (χ0n) is 14.8. The van der Waals surface area contributed by atoms with Gasteiger partial charge in [-0.2, -0.15) is 0 Å². The fourth-order valence-corrected chi connectivity index (χ4v) is 3.47. The SMILES string of the molecule is O=[N+]([O-])c1ccc(COc2c(Cl)cc(CNc3ccc(Cl)c(Cl)c3)cc2Cl)cc1. The van der Waals surface area contributed by atoms with E-state index >= 15 is 0 Å². The summed E-state index contributed by atoms with van der Waals surface area (Å²) in [5.41, 5.74) is 2.44. The van der Waals surface area contributed by atoms with Gasteiger partial charge in [0.1, 0.15) is 6.61 Å². The number of rotatable bonds is 7. The number of nitro groups is 1. The number of ether oxygens (including phenoxy) is 1. The average molecular weight is 472 g/mol. The van der Waals surface area contributed by atoms with Gasteiger partial charge in [-0.1, -0.05) is 46.4 Å². The van der Waals surface area contributed by atoms with Crippen LogP contribution in [0.2, 0.25) is 20.1 Å². The van der Waals surface area contributed by atoms with E-state index in [1.54, 1.807) is 36.4 Å². The molecule has 0 unspecified atom stereocenters. The largest absolute Gasteiger partial charge is 0.486 e. The van der Waals surface area contributed by atoms with Crippen molar-refractivity contribution < 1.29 is 9.66 Å². The van der Waals surface area contributed by atoms with Gasteiger partial charge < -0.3 is 10.1 Å². The van der Waals surface area contributed by atoms with Crippen LogP contribution >= 0.6 is 46.4 Å². The molecule has 0 heterocycles. The molecule has 0 fully saturated rings. The van der Waals surface area contributed by atoms with E-state index in [-0.39, 0.29) is 12.3 Å². The quantitative estimate of drug-likeness (QED) is 0.288. The molecule has 150 valence electrons. The van der Waals surface area contributed by atoms with E-state index in [1.807, 2.05) is 6.07 Å². The summed E-state index contributed by atoms with van der Waals surface area (Å²) < 4.78 is 5.71. The van der Waals surface area contributed by atoms with Crippen molar-refractivity contribution in [1.82, 2.24) is 0 Å². The Morgan fingerprint density at radius 1 is 0.828 bits per heavy atom. The Balaban J connectivity index is 1.65. The van der Waals surface area contributed by atoms with Gasteiger partial charge in [0.2, 0.25) is 0 Å². The van der Waals surface area contributed by atoms with Crippen LogP contribution in [-0.4, -0.2) is 4.92 Å². The van der Waals surface area contributed by atoms with Crippen LogP contribution < -0.4 is 10.1 Å². The number of hydrogen-bond donors (Lipinski definition) is 1. The van der Waals surface area contributed by atoms with Gasteiger partial charge >= 0.3 is 0 Å². The van der Waals surface area contributed by atoms with Crippen LogP contribution in [0.1, 0.15) is 11.1 Å². The molecular formula is C20H14Cl4N2O3. The number of nitrogens with one attached hydrogen (secondary N) is 1. The van der Waals surface area contributed by atoms with Crippen molar-refractivity contribution >= 4 is 57.8 Å². The highest BCUT2D eigenvalue weighted by molar-refractivity contribution is 6.42. The minimum atomic E-state index is -0.455. The Kier molecular flexibility index (Phi) is 7.09. The molecule has 29 heavy (non-hydrogen) atoms. The van der Waals surface area contributed by atoms with Crippen LogP contribution in [-0.2, 0) is 13.2 Å². The molecule has 0 radical (unpaired) electrons. The molecule has 0 atom stereocenters. The van der Waals surface area contributed by atoms with Gasteiger partial charge in [-0.05, 0) is 53.6 Å². The van der Waals surface area contributed by atoms with Gasteiger partial charge in [0.25, 0.3) is 5.69 Å². The van der Waals surface area contributed by atoms with Crippen molar-refractivity contribution in [3.63, 3.8) is 0 Å². The lowest BCUT2D eigenvalue weighted by Crippen LogP contribution is -2.01. The molecule has 9 heteroatoms. The maximum absolute atomic E-state index is 10.7.